The first-order valence-corrected chi connectivity index (χ1v) is 9.13. The highest BCUT2D eigenvalue weighted by Crippen LogP contribution is 2.14. The molecule has 0 saturated heterocycles. The molecule has 150 valence electrons. The van der Waals surface area contributed by atoms with Crippen molar-refractivity contribution in [3.63, 3.8) is 0 Å². The second kappa shape index (κ2) is 10.3. The summed E-state index contributed by atoms with van der Waals surface area (Å²) in [6.07, 6.45) is 0. The van der Waals surface area contributed by atoms with Gasteiger partial charge in [-0.05, 0) is 54.1 Å². The summed E-state index contributed by atoms with van der Waals surface area (Å²) in [5.74, 6) is 0.101. The Hall–Kier alpha value is -4.31. The lowest BCUT2D eigenvalue weighted by atomic mass is 10.2. The number of hydrogen-bond acceptors (Lipinski definition) is 5. The van der Waals surface area contributed by atoms with Gasteiger partial charge in [0.1, 0.15) is 18.1 Å². The fourth-order valence-corrected chi connectivity index (χ4v) is 2.45. The predicted octanol–water partition coefficient (Wildman–Crippen LogP) is 2.98. The number of benzene rings is 3. The molecule has 0 spiro atoms. The molecule has 3 aromatic carbocycles. The molecule has 0 heterocycles. The Morgan fingerprint density at radius 3 is 2.10 bits per heavy atom. The first-order chi connectivity index (χ1) is 14.6. The summed E-state index contributed by atoms with van der Waals surface area (Å²) in [7, 11) is 0. The molecule has 2 N–H and O–H groups in total. The van der Waals surface area contributed by atoms with Crippen LogP contribution >= 0.6 is 0 Å². The molecule has 3 rings (SSSR count). The van der Waals surface area contributed by atoms with Crippen molar-refractivity contribution in [1.82, 2.24) is 10.9 Å². The van der Waals surface area contributed by atoms with E-state index in [1.54, 1.807) is 48.5 Å². The van der Waals surface area contributed by atoms with Crippen molar-refractivity contribution in [2.75, 3.05) is 6.61 Å². The van der Waals surface area contributed by atoms with E-state index in [-0.39, 0.29) is 6.61 Å². The van der Waals surface area contributed by atoms with Crippen molar-refractivity contribution >= 4 is 11.8 Å². The maximum absolute atomic E-state index is 12.1. The Bertz CT molecular complexity index is 1030. The summed E-state index contributed by atoms with van der Waals surface area (Å²) >= 11 is 0. The van der Waals surface area contributed by atoms with E-state index in [1.807, 2.05) is 36.4 Å². The number of nitriles is 1. The van der Waals surface area contributed by atoms with E-state index < -0.39 is 11.8 Å². The molecule has 0 bridgehead atoms. The maximum Gasteiger partial charge on any atom is 0.276 e. The van der Waals surface area contributed by atoms with Gasteiger partial charge in [-0.2, -0.15) is 5.26 Å². The number of carbonyl (C=O) groups excluding carboxylic acids is 2. The summed E-state index contributed by atoms with van der Waals surface area (Å²) in [4.78, 5) is 24.0. The van der Waals surface area contributed by atoms with Crippen molar-refractivity contribution in [3.8, 4) is 17.6 Å². The van der Waals surface area contributed by atoms with Crippen LogP contribution in [0.4, 0.5) is 0 Å². The molecule has 7 nitrogen and oxygen atoms in total. The number of hydrazine groups is 1. The van der Waals surface area contributed by atoms with E-state index in [9.17, 15) is 9.59 Å². The monoisotopic (exact) mass is 401 g/mol. The molecule has 3 aromatic rings. The standard InChI is InChI=1S/C23H19N3O4/c24-14-17-6-10-20(11-7-17)30-16-22(27)25-26-23(28)19-8-12-21(13-9-19)29-15-18-4-2-1-3-5-18/h1-13H,15-16H2,(H,25,27)(H,26,28). The van der Waals surface area contributed by atoms with Gasteiger partial charge in [0.15, 0.2) is 6.61 Å². The Morgan fingerprint density at radius 1 is 0.800 bits per heavy atom. The van der Waals surface area contributed by atoms with E-state index in [0.717, 1.165) is 5.56 Å². The molecule has 0 unspecified atom stereocenters. The van der Waals surface area contributed by atoms with Gasteiger partial charge in [-0.1, -0.05) is 30.3 Å². The van der Waals surface area contributed by atoms with Crippen molar-refractivity contribution in [3.05, 3.63) is 95.6 Å². The largest absolute Gasteiger partial charge is 0.489 e. The number of ether oxygens (including phenoxy) is 2. The fourth-order valence-electron chi connectivity index (χ4n) is 2.45. The van der Waals surface area contributed by atoms with Crippen molar-refractivity contribution in [1.29, 1.82) is 5.26 Å². The third-order valence-corrected chi connectivity index (χ3v) is 4.03. The van der Waals surface area contributed by atoms with E-state index in [1.165, 1.54) is 0 Å². The third kappa shape index (κ3) is 6.11. The van der Waals surface area contributed by atoms with Crippen LogP contribution in [0.15, 0.2) is 78.9 Å². The van der Waals surface area contributed by atoms with Gasteiger partial charge in [-0.3, -0.25) is 20.4 Å². The van der Waals surface area contributed by atoms with Gasteiger partial charge in [0.05, 0.1) is 11.6 Å². The fraction of sp³-hybridized carbons (Fsp3) is 0.0870. The summed E-state index contributed by atoms with van der Waals surface area (Å²) in [5, 5.41) is 8.75. The van der Waals surface area contributed by atoms with Crippen molar-refractivity contribution < 1.29 is 19.1 Å². The topological polar surface area (TPSA) is 100 Å². The number of nitrogens with one attached hydrogen (secondary N) is 2. The van der Waals surface area contributed by atoms with Crippen LogP contribution in [0.3, 0.4) is 0 Å². The SMILES string of the molecule is N#Cc1ccc(OCC(=O)NNC(=O)c2ccc(OCc3ccccc3)cc2)cc1. The molecule has 0 atom stereocenters. The average molecular weight is 401 g/mol. The second-order valence-corrected chi connectivity index (χ2v) is 6.23. The lowest BCUT2D eigenvalue weighted by Crippen LogP contribution is -2.43. The first kappa shape index (κ1) is 20.4. The van der Waals surface area contributed by atoms with Crippen LogP contribution in [0, 0.1) is 11.3 Å². The summed E-state index contributed by atoms with van der Waals surface area (Å²) < 4.78 is 11.0. The van der Waals surface area contributed by atoms with Crippen LogP contribution in [0.2, 0.25) is 0 Å². The second-order valence-electron chi connectivity index (χ2n) is 6.23. The van der Waals surface area contributed by atoms with Gasteiger partial charge in [0, 0.05) is 5.56 Å². The lowest BCUT2D eigenvalue weighted by molar-refractivity contribution is -0.123. The van der Waals surface area contributed by atoms with Crippen LogP contribution in [-0.4, -0.2) is 18.4 Å². The van der Waals surface area contributed by atoms with Crippen LogP contribution in [0.1, 0.15) is 21.5 Å². The Balaban J connectivity index is 1.41. The number of rotatable bonds is 7. The molecule has 0 aliphatic carbocycles. The smallest absolute Gasteiger partial charge is 0.276 e. The quantitative estimate of drug-likeness (QED) is 0.593. The van der Waals surface area contributed by atoms with Gasteiger partial charge < -0.3 is 9.47 Å². The van der Waals surface area contributed by atoms with E-state index in [2.05, 4.69) is 10.9 Å². The zero-order valence-electron chi connectivity index (χ0n) is 16.0. The van der Waals surface area contributed by atoms with Crippen LogP contribution < -0.4 is 20.3 Å². The first-order valence-electron chi connectivity index (χ1n) is 9.13. The van der Waals surface area contributed by atoms with Gasteiger partial charge in [-0.15, -0.1) is 0 Å². The van der Waals surface area contributed by atoms with Gasteiger partial charge in [0.25, 0.3) is 11.8 Å². The third-order valence-electron chi connectivity index (χ3n) is 4.03. The average Bonchev–Trinajstić information content (AvgIpc) is 2.81. The molecule has 2 amide bonds. The molecule has 0 fully saturated rings. The zero-order chi connectivity index (χ0) is 21.2. The molecule has 30 heavy (non-hydrogen) atoms. The molecule has 0 aromatic heterocycles. The molecule has 7 heteroatoms. The normalized spacial score (nSPS) is 9.83. The zero-order valence-corrected chi connectivity index (χ0v) is 16.0. The lowest BCUT2D eigenvalue weighted by Gasteiger charge is -2.10. The maximum atomic E-state index is 12.1. The number of carbonyl (C=O) groups is 2. The summed E-state index contributed by atoms with van der Waals surface area (Å²) in [6, 6.07) is 24.7. The van der Waals surface area contributed by atoms with Crippen molar-refractivity contribution in [2.45, 2.75) is 6.61 Å². The molecule has 0 aliphatic heterocycles. The number of hydrogen-bond donors (Lipinski definition) is 2. The van der Waals surface area contributed by atoms with Gasteiger partial charge in [0.2, 0.25) is 0 Å². The van der Waals surface area contributed by atoms with E-state index in [0.29, 0.717) is 29.2 Å². The molecule has 0 aliphatic rings. The summed E-state index contributed by atoms with van der Waals surface area (Å²) in [6.45, 7) is 0.153. The minimum absolute atomic E-state index is 0.279. The Kier molecular flexibility index (Phi) is 7.01. The minimum Gasteiger partial charge on any atom is -0.489 e. The van der Waals surface area contributed by atoms with Crippen LogP contribution in [0.25, 0.3) is 0 Å². The highest BCUT2D eigenvalue weighted by Gasteiger charge is 2.08. The molecule has 0 radical (unpaired) electrons. The summed E-state index contributed by atoms with van der Waals surface area (Å²) in [5.41, 5.74) is 6.53. The van der Waals surface area contributed by atoms with Crippen LogP contribution in [-0.2, 0) is 11.4 Å². The molecular weight excluding hydrogens is 382 g/mol. The number of nitrogens with zero attached hydrogens (tertiary/aromatic N) is 1. The highest BCUT2D eigenvalue weighted by atomic mass is 16.5. The van der Waals surface area contributed by atoms with Gasteiger partial charge in [-0.25, -0.2) is 0 Å². The minimum atomic E-state index is -0.518. The molecular formula is C23H19N3O4. The molecule has 0 saturated carbocycles. The number of amides is 2. The highest BCUT2D eigenvalue weighted by molar-refractivity contribution is 5.95. The van der Waals surface area contributed by atoms with Crippen molar-refractivity contribution in [2.24, 2.45) is 0 Å². The Morgan fingerprint density at radius 2 is 1.43 bits per heavy atom. The van der Waals surface area contributed by atoms with E-state index >= 15 is 0 Å². The van der Waals surface area contributed by atoms with E-state index in [4.69, 9.17) is 14.7 Å². The Labute approximate surface area is 173 Å². The van der Waals surface area contributed by atoms with Gasteiger partial charge >= 0.3 is 0 Å². The van der Waals surface area contributed by atoms with Crippen LogP contribution in [0.5, 0.6) is 11.5 Å². The predicted molar refractivity (Wildman–Crippen MR) is 109 cm³/mol.